The topological polar surface area (TPSA) is 96.0 Å². The largest absolute Gasteiger partial charge is 0.497 e. The Kier molecular flexibility index (Phi) is 9.62. The number of hydrogen-bond acceptors (Lipinski definition) is 5. The van der Waals surface area contributed by atoms with Gasteiger partial charge in [0.15, 0.2) is 0 Å². The highest BCUT2D eigenvalue weighted by molar-refractivity contribution is 7.92. The summed E-state index contributed by atoms with van der Waals surface area (Å²) in [4.78, 5) is 28.2. The second-order valence-corrected chi connectivity index (χ2v) is 11.5. The number of anilines is 1. The molecular weight excluding hydrogens is 502 g/mol. The van der Waals surface area contributed by atoms with Gasteiger partial charge < -0.3 is 15.0 Å². The van der Waals surface area contributed by atoms with E-state index in [1.165, 1.54) is 12.0 Å². The third-order valence-electron chi connectivity index (χ3n) is 6.41. The van der Waals surface area contributed by atoms with Gasteiger partial charge in [0.05, 0.1) is 19.1 Å². The molecule has 1 saturated carbocycles. The summed E-state index contributed by atoms with van der Waals surface area (Å²) in [5, 5.41) is 3.63. The zero-order chi connectivity index (χ0) is 26.3. The van der Waals surface area contributed by atoms with Crippen LogP contribution in [-0.4, -0.2) is 57.1 Å². The number of carbonyl (C=O) groups excluding carboxylic acids is 2. The highest BCUT2D eigenvalue weighted by Crippen LogP contribution is 2.24. The van der Waals surface area contributed by atoms with Gasteiger partial charge in [-0.3, -0.25) is 13.9 Å². The highest BCUT2D eigenvalue weighted by Gasteiger charge is 2.31. The fourth-order valence-corrected chi connectivity index (χ4v) is 5.28. The average molecular weight is 536 g/mol. The first-order chi connectivity index (χ1) is 17.1. The van der Waals surface area contributed by atoms with Crippen LogP contribution in [0.15, 0.2) is 48.5 Å². The molecule has 0 spiro atoms. The summed E-state index contributed by atoms with van der Waals surface area (Å²) in [6.07, 6.45) is 6.17. The Hall–Kier alpha value is -2.78. The molecule has 2 aromatic carbocycles. The van der Waals surface area contributed by atoms with Crippen LogP contribution < -0.4 is 14.4 Å². The summed E-state index contributed by atoms with van der Waals surface area (Å²) in [6, 6.07) is 12.8. The van der Waals surface area contributed by atoms with Gasteiger partial charge in [0, 0.05) is 23.7 Å². The lowest BCUT2D eigenvalue weighted by Gasteiger charge is -2.33. The van der Waals surface area contributed by atoms with Gasteiger partial charge in [-0.2, -0.15) is 0 Å². The Bertz CT molecular complexity index is 1150. The normalized spacial score (nSPS) is 15.1. The van der Waals surface area contributed by atoms with Gasteiger partial charge in [-0.25, -0.2) is 8.42 Å². The minimum absolute atomic E-state index is 0.0884. The van der Waals surface area contributed by atoms with Crippen LogP contribution in [0.25, 0.3) is 0 Å². The molecule has 1 atom stereocenters. The second-order valence-electron chi connectivity index (χ2n) is 9.14. The van der Waals surface area contributed by atoms with Crippen LogP contribution in [0.3, 0.4) is 0 Å². The minimum Gasteiger partial charge on any atom is -0.497 e. The zero-order valence-electron chi connectivity index (χ0n) is 20.9. The van der Waals surface area contributed by atoms with E-state index in [9.17, 15) is 18.0 Å². The number of sulfonamides is 1. The van der Waals surface area contributed by atoms with E-state index in [0.717, 1.165) is 48.2 Å². The maximum Gasteiger partial charge on any atom is 0.244 e. The first-order valence-electron chi connectivity index (χ1n) is 12.0. The maximum atomic E-state index is 13.6. The molecule has 0 radical (unpaired) electrons. The van der Waals surface area contributed by atoms with Crippen LogP contribution in [0.2, 0.25) is 5.02 Å². The standard InChI is InChI=1S/C26H34ClN3O5S/c1-19(26(32)28-22-8-5-4-6-9-22)29(17-20-12-14-21(27)15-13-20)25(31)18-30(36(3,33)34)23-10-7-11-24(16-23)35-2/h7,10-16,19,22H,4-6,8-9,17-18H2,1-3H3,(H,28,32). The number of methoxy groups -OCH3 is 1. The molecule has 36 heavy (non-hydrogen) atoms. The van der Waals surface area contributed by atoms with Crippen molar-refractivity contribution >= 4 is 39.1 Å². The van der Waals surface area contributed by atoms with Gasteiger partial charge >= 0.3 is 0 Å². The fourth-order valence-electron chi connectivity index (χ4n) is 4.32. The van der Waals surface area contributed by atoms with E-state index in [0.29, 0.717) is 16.5 Å². The molecule has 8 nitrogen and oxygen atoms in total. The van der Waals surface area contributed by atoms with E-state index in [-0.39, 0.29) is 18.5 Å². The molecule has 196 valence electrons. The van der Waals surface area contributed by atoms with Crippen LogP contribution in [0, 0.1) is 0 Å². The molecule has 0 aromatic heterocycles. The van der Waals surface area contributed by atoms with Crippen molar-refractivity contribution in [1.29, 1.82) is 0 Å². The first kappa shape index (κ1) is 27.8. The van der Waals surface area contributed by atoms with Crippen LogP contribution in [0.1, 0.15) is 44.6 Å². The number of ether oxygens (including phenoxy) is 1. The Labute approximate surface area is 218 Å². The van der Waals surface area contributed by atoms with Gasteiger partial charge in [-0.15, -0.1) is 0 Å². The fraction of sp³-hybridized carbons (Fsp3) is 0.462. The molecule has 0 saturated heterocycles. The van der Waals surface area contributed by atoms with E-state index in [1.807, 2.05) is 0 Å². The number of halogens is 1. The van der Waals surface area contributed by atoms with E-state index < -0.39 is 28.5 Å². The molecule has 0 bridgehead atoms. The van der Waals surface area contributed by atoms with Crippen LogP contribution in [0.5, 0.6) is 5.75 Å². The van der Waals surface area contributed by atoms with Crippen LogP contribution in [0.4, 0.5) is 5.69 Å². The predicted octanol–water partition coefficient (Wildman–Crippen LogP) is 3.98. The van der Waals surface area contributed by atoms with Gasteiger partial charge in [0.2, 0.25) is 21.8 Å². The molecule has 1 unspecified atom stereocenters. The molecule has 2 amide bonds. The summed E-state index contributed by atoms with van der Waals surface area (Å²) in [5.41, 5.74) is 1.08. The van der Waals surface area contributed by atoms with Gasteiger partial charge in [-0.05, 0) is 49.6 Å². The van der Waals surface area contributed by atoms with Gasteiger partial charge in [0.25, 0.3) is 0 Å². The number of rotatable bonds is 10. The van der Waals surface area contributed by atoms with Crippen molar-refractivity contribution in [2.75, 3.05) is 24.2 Å². The van der Waals surface area contributed by atoms with Gasteiger partial charge in [-0.1, -0.05) is 49.1 Å². The Morgan fingerprint density at radius 1 is 1.11 bits per heavy atom. The molecule has 1 N–H and O–H groups in total. The van der Waals surface area contributed by atoms with E-state index in [1.54, 1.807) is 55.5 Å². The van der Waals surface area contributed by atoms with Crippen LogP contribution >= 0.6 is 11.6 Å². The lowest BCUT2D eigenvalue weighted by molar-refractivity contribution is -0.139. The quantitative estimate of drug-likeness (QED) is 0.496. The van der Waals surface area contributed by atoms with Crippen LogP contribution in [-0.2, 0) is 26.2 Å². The van der Waals surface area contributed by atoms with Crippen molar-refractivity contribution in [3.05, 3.63) is 59.1 Å². The van der Waals surface area contributed by atoms with Crippen molar-refractivity contribution in [1.82, 2.24) is 10.2 Å². The van der Waals surface area contributed by atoms with Crippen molar-refractivity contribution in [3.8, 4) is 5.75 Å². The lowest BCUT2D eigenvalue weighted by atomic mass is 9.95. The summed E-state index contributed by atoms with van der Waals surface area (Å²) in [5.74, 6) is -0.284. The monoisotopic (exact) mass is 535 g/mol. The molecule has 1 aliphatic carbocycles. The Morgan fingerprint density at radius 3 is 2.39 bits per heavy atom. The van der Waals surface area contributed by atoms with Gasteiger partial charge in [0.1, 0.15) is 18.3 Å². The third kappa shape index (κ3) is 7.61. The lowest BCUT2D eigenvalue weighted by Crippen LogP contribution is -2.52. The van der Waals surface area contributed by atoms with Crippen molar-refractivity contribution in [2.45, 2.75) is 57.7 Å². The SMILES string of the molecule is COc1cccc(N(CC(=O)N(Cc2ccc(Cl)cc2)C(C)C(=O)NC2CCCCC2)S(C)(=O)=O)c1. The molecule has 1 fully saturated rings. The average Bonchev–Trinajstić information content (AvgIpc) is 2.86. The molecular formula is C26H34ClN3O5S. The van der Waals surface area contributed by atoms with Crippen molar-refractivity contribution < 1.29 is 22.7 Å². The zero-order valence-corrected chi connectivity index (χ0v) is 22.5. The molecule has 1 aliphatic rings. The molecule has 10 heteroatoms. The third-order valence-corrected chi connectivity index (χ3v) is 7.80. The van der Waals surface area contributed by atoms with E-state index >= 15 is 0 Å². The number of nitrogens with one attached hydrogen (secondary N) is 1. The molecule has 0 heterocycles. The molecule has 0 aliphatic heterocycles. The number of nitrogens with zero attached hydrogens (tertiary/aromatic N) is 2. The Balaban J connectivity index is 1.87. The molecule has 2 aromatic rings. The first-order valence-corrected chi connectivity index (χ1v) is 14.3. The summed E-state index contributed by atoms with van der Waals surface area (Å²) in [6.45, 7) is 1.34. The summed E-state index contributed by atoms with van der Waals surface area (Å²) >= 11 is 6.02. The number of hydrogen-bond donors (Lipinski definition) is 1. The summed E-state index contributed by atoms with van der Waals surface area (Å²) in [7, 11) is -2.32. The van der Waals surface area contributed by atoms with Crippen molar-refractivity contribution in [3.63, 3.8) is 0 Å². The van der Waals surface area contributed by atoms with E-state index in [4.69, 9.17) is 16.3 Å². The van der Waals surface area contributed by atoms with Crippen molar-refractivity contribution in [2.24, 2.45) is 0 Å². The highest BCUT2D eigenvalue weighted by atomic mass is 35.5. The number of benzene rings is 2. The second kappa shape index (κ2) is 12.5. The van der Waals surface area contributed by atoms with E-state index in [2.05, 4.69) is 5.32 Å². The Morgan fingerprint density at radius 2 is 1.78 bits per heavy atom. The minimum atomic E-state index is -3.81. The number of carbonyl (C=O) groups is 2. The predicted molar refractivity (Wildman–Crippen MR) is 142 cm³/mol. The summed E-state index contributed by atoms with van der Waals surface area (Å²) < 4.78 is 31.6. The number of amides is 2. The maximum absolute atomic E-state index is 13.6. The smallest absolute Gasteiger partial charge is 0.244 e. The molecule has 3 rings (SSSR count).